The van der Waals surface area contributed by atoms with Crippen LogP contribution in [0, 0.1) is 20.8 Å². The topological polar surface area (TPSA) is 101 Å². The van der Waals surface area contributed by atoms with Crippen molar-refractivity contribution in [2.75, 3.05) is 11.3 Å². The van der Waals surface area contributed by atoms with E-state index in [9.17, 15) is 13.2 Å². The molecule has 38 heavy (non-hydrogen) atoms. The van der Waals surface area contributed by atoms with Crippen LogP contribution >= 0.6 is 0 Å². The number of hydrogen-bond donors (Lipinski definition) is 2. The second-order valence-corrected chi connectivity index (χ2v) is 11.2. The average Bonchev–Trinajstić information content (AvgIpc) is 3.21. The number of nitrogens with zero attached hydrogens (tertiary/aromatic N) is 1. The lowest BCUT2D eigenvalue weighted by molar-refractivity contribution is -0.107. The van der Waals surface area contributed by atoms with Crippen LogP contribution in [0.25, 0.3) is 11.1 Å². The number of hydrogen-bond acceptors (Lipinski definition) is 6. The van der Waals surface area contributed by atoms with E-state index < -0.39 is 10.0 Å². The standard InChI is InChI=1S/C30H39N3O4S/c1-6-8-9-10-13-24(7-2)26-16-17-28(27-15-12-11-14-25(27)20-31-18-19-34)29(22(26)4)38(35,36)33-30-21(3)23(5)37-32-30/h7,11-12,14-17,19,24,31H,2,6,8-10,13,18,20H2,1,3-5H3,(H,32,33). The van der Waals surface area contributed by atoms with Gasteiger partial charge in [-0.25, -0.2) is 8.42 Å². The highest BCUT2D eigenvalue weighted by molar-refractivity contribution is 7.93. The van der Waals surface area contributed by atoms with E-state index in [4.69, 9.17) is 4.52 Å². The zero-order chi connectivity index (χ0) is 27.7. The lowest BCUT2D eigenvalue weighted by Gasteiger charge is -2.22. The third kappa shape index (κ3) is 6.79. The number of unbranched alkanes of at least 4 members (excludes halogenated alkanes) is 3. The highest BCUT2D eigenvalue weighted by atomic mass is 32.2. The van der Waals surface area contributed by atoms with Crippen LogP contribution in [0.2, 0.25) is 0 Å². The Balaban J connectivity index is 2.16. The minimum absolute atomic E-state index is 0.0374. The average molecular weight is 538 g/mol. The molecule has 0 amide bonds. The monoisotopic (exact) mass is 537 g/mol. The molecule has 0 spiro atoms. The molecule has 1 atom stereocenters. The number of aldehydes is 1. The Hall–Kier alpha value is -3.23. The Kier molecular flexibility index (Phi) is 10.4. The van der Waals surface area contributed by atoms with E-state index in [0.717, 1.165) is 48.7 Å². The molecule has 204 valence electrons. The van der Waals surface area contributed by atoms with Gasteiger partial charge in [-0.15, -0.1) is 6.58 Å². The molecule has 0 aliphatic rings. The second kappa shape index (κ2) is 13.5. The molecule has 8 heteroatoms. The fraction of sp³-hybridized carbons (Fsp3) is 0.400. The summed E-state index contributed by atoms with van der Waals surface area (Å²) in [6.07, 6.45) is 8.15. The van der Waals surface area contributed by atoms with Gasteiger partial charge in [-0.05, 0) is 49.4 Å². The summed E-state index contributed by atoms with van der Waals surface area (Å²) in [5, 5.41) is 7.02. The fourth-order valence-corrected chi connectivity index (χ4v) is 6.29. The zero-order valence-corrected chi connectivity index (χ0v) is 23.7. The maximum absolute atomic E-state index is 14.0. The third-order valence-electron chi connectivity index (χ3n) is 7.01. The van der Waals surface area contributed by atoms with Crippen LogP contribution in [0.1, 0.15) is 73.0 Å². The largest absolute Gasteiger partial charge is 0.359 e. The number of rotatable bonds is 15. The molecule has 3 rings (SSSR count). The number of carbonyl (C=O) groups excluding carboxylic acids is 1. The molecular formula is C30H39N3O4S. The van der Waals surface area contributed by atoms with E-state index in [-0.39, 0.29) is 23.2 Å². The molecule has 0 saturated carbocycles. The molecule has 2 N–H and O–H groups in total. The van der Waals surface area contributed by atoms with Crippen molar-refractivity contribution in [3.05, 3.63) is 77.1 Å². The first-order valence-corrected chi connectivity index (χ1v) is 14.7. The Morgan fingerprint density at radius 1 is 1.03 bits per heavy atom. The first-order chi connectivity index (χ1) is 18.2. The highest BCUT2D eigenvalue weighted by Crippen LogP contribution is 2.38. The smallest absolute Gasteiger partial charge is 0.264 e. The Morgan fingerprint density at radius 2 is 1.79 bits per heavy atom. The van der Waals surface area contributed by atoms with Crippen molar-refractivity contribution in [2.45, 2.75) is 77.2 Å². The van der Waals surface area contributed by atoms with E-state index in [2.05, 4.69) is 28.7 Å². The van der Waals surface area contributed by atoms with Crippen LogP contribution in [0.4, 0.5) is 5.82 Å². The molecule has 0 bridgehead atoms. The maximum atomic E-state index is 14.0. The normalized spacial score (nSPS) is 12.3. The minimum atomic E-state index is -4.05. The van der Waals surface area contributed by atoms with Gasteiger partial charge in [-0.1, -0.05) is 80.2 Å². The van der Waals surface area contributed by atoms with Crippen LogP contribution in [-0.2, 0) is 21.4 Å². The van der Waals surface area contributed by atoms with Gasteiger partial charge >= 0.3 is 0 Å². The van der Waals surface area contributed by atoms with E-state index in [1.807, 2.05) is 49.4 Å². The van der Waals surface area contributed by atoms with Crippen molar-refractivity contribution in [2.24, 2.45) is 0 Å². The number of allylic oxidation sites excluding steroid dienone is 1. The molecule has 1 unspecified atom stereocenters. The van der Waals surface area contributed by atoms with E-state index >= 15 is 0 Å². The Bertz CT molecular complexity index is 1360. The molecule has 0 saturated heterocycles. The van der Waals surface area contributed by atoms with E-state index in [1.54, 1.807) is 13.8 Å². The summed E-state index contributed by atoms with van der Waals surface area (Å²) in [7, 11) is -4.05. The van der Waals surface area contributed by atoms with Gasteiger partial charge in [-0.3, -0.25) is 4.72 Å². The number of anilines is 1. The van der Waals surface area contributed by atoms with Gasteiger partial charge in [0, 0.05) is 23.6 Å². The lowest BCUT2D eigenvalue weighted by atomic mass is 9.87. The van der Waals surface area contributed by atoms with Gasteiger partial charge in [0.1, 0.15) is 12.0 Å². The summed E-state index contributed by atoms with van der Waals surface area (Å²) in [5.74, 6) is 0.771. The predicted octanol–water partition coefficient (Wildman–Crippen LogP) is 6.60. The first-order valence-electron chi connectivity index (χ1n) is 13.2. The van der Waals surface area contributed by atoms with Crippen LogP contribution in [0.3, 0.4) is 0 Å². The molecule has 0 aliphatic carbocycles. The summed E-state index contributed by atoms with van der Waals surface area (Å²) < 4.78 is 35.9. The summed E-state index contributed by atoms with van der Waals surface area (Å²) in [6, 6.07) is 11.5. The number of nitrogens with one attached hydrogen (secondary N) is 2. The van der Waals surface area contributed by atoms with Crippen LogP contribution < -0.4 is 10.0 Å². The maximum Gasteiger partial charge on any atom is 0.264 e. The van der Waals surface area contributed by atoms with Crippen LogP contribution in [-0.4, -0.2) is 26.4 Å². The summed E-state index contributed by atoms with van der Waals surface area (Å²) in [6.45, 7) is 12.3. The van der Waals surface area contributed by atoms with Crippen molar-refractivity contribution in [1.29, 1.82) is 0 Å². The summed E-state index contributed by atoms with van der Waals surface area (Å²) >= 11 is 0. The van der Waals surface area contributed by atoms with E-state index in [0.29, 0.717) is 29.0 Å². The molecule has 1 aromatic heterocycles. The van der Waals surface area contributed by atoms with Crippen molar-refractivity contribution < 1.29 is 17.7 Å². The molecule has 0 radical (unpaired) electrons. The molecule has 0 aliphatic heterocycles. The quantitative estimate of drug-likeness (QED) is 0.129. The number of aryl methyl sites for hydroxylation is 1. The third-order valence-corrected chi connectivity index (χ3v) is 8.53. The van der Waals surface area contributed by atoms with Crippen molar-refractivity contribution in [1.82, 2.24) is 10.5 Å². The highest BCUT2D eigenvalue weighted by Gasteiger charge is 2.28. The van der Waals surface area contributed by atoms with Crippen molar-refractivity contribution in [3.8, 4) is 11.1 Å². The number of sulfonamides is 1. The van der Waals surface area contributed by atoms with Crippen molar-refractivity contribution in [3.63, 3.8) is 0 Å². The molecule has 1 heterocycles. The van der Waals surface area contributed by atoms with Gasteiger partial charge in [0.05, 0.1) is 11.4 Å². The Labute approximate surface area is 226 Å². The fourth-order valence-electron chi connectivity index (χ4n) is 4.75. The predicted molar refractivity (Wildman–Crippen MR) is 153 cm³/mol. The molecular weight excluding hydrogens is 498 g/mol. The molecule has 0 fully saturated rings. The van der Waals surface area contributed by atoms with Crippen LogP contribution in [0.15, 0.2) is 58.5 Å². The summed E-state index contributed by atoms with van der Waals surface area (Å²) in [5.41, 5.74) is 4.55. The van der Waals surface area contributed by atoms with E-state index in [1.165, 1.54) is 6.42 Å². The number of benzene rings is 2. The second-order valence-electron chi connectivity index (χ2n) is 9.62. The van der Waals surface area contributed by atoms with Gasteiger partial charge in [-0.2, -0.15) is 0 Å². The Morgan fingerprint density at radius 3 is 2.45 bits per heavy atom. The molecule has 2 aromatic carbocycles. The summed E-state index contributed by atoms with van der Waals surface area (Å²) in [4.78, 5) is 11.1. The molecule has 3 aromatic rings. The van der Waals surface area contributed by atoms with Gasteiger partial charge in [0.2, 0.25) is 0 Å². The van der Waals surface area contributed by atoms with Gasteiger partial charge in [0.25, 0.3) is 10.0 Å². The van der Waals surface area contributed by atoms with Gasteiger partial charge < -0.3 is 14.6 Å². The number of aromatic nitrogens is 1. The SMILES string of the molecule is C=CC(CCCCCC)c1ccc(-c2ccccc2CNCC=O)c(S(=O)(=O)Nc2noc(C)c2C)c1C. The van der Waals surface area contributed by atoms with Gasteiger partial charge in [0.15, 0.2) is 5.82 Å². The lowest BCUT2D eigenvalue weighted by Crippen LogP contribution is -2.19. The molecule has 7 nitrogen and oxygen atoms in total. The zero-order valence-electron chi connectivity index (χ0n) is 22.8. The van der Waals surface area contributed by atoms with Crippen LogP contribution in [0.5, 0.6) is 0 Å². The first kappa shape index (κ1) is 29.3. The number of carbonyl (C=O) groups is 1. The van der Waals surface area contributed by atoms with Crippen molar-refractivity contribution >= 4 is 22.1 Å². The minimum Gasteiger partial charge on any atom is -0.359 e.